The van der Waals surface area contributed by atoms with Crippen LogP contribution < -0.4 is 19.5 Å². The second-order valence-electron chi connectivity index (χ2n) is 18.5. The van der Waals surface area contributed by atoms with E-state index in [1.54, 1.807) is 25.7 Å². The van der Waals surface area contributed by atoms with Gasteiger partial charge in [-0.25, -0.2) is 18.0 Å². The Kier molecular flexibility index (Phi) is 10.5. The fourth-order valence-electron chi connectivity index (χ4n) is 8.86. The summed E-state index contributed by atoms with van der Waals surface area (Å²) in [7, 11) is -3.85. The van der Waals surface area contributed by atoms with Crippen molar-refractivity contribution in [2.75, 3.05) is 19.9 Å². The lowest BCUT2D eigenvalue weighted by Gasteiger charge is -2.35. The zero-order valence-corrected chi connectivity index (χ0v) is 34.2. The molecule has 2 aliphatic carbocycles. The van der Waals surface area contributed by atoms with Gasteiger partial charge in [-0.2, -0.15) is 0 Å². The molecule has 0 aromatic heterocycles. The lowest BCUT2D eigenvalue weighted by atomic mass is 9.85. The molecule has 6 aliphatic rings. The number of carbonyl (C=O) groups is 5. The predicted molar refractivity (Wildman–Crippen MR) is 202 cm³/mol. The molecule has 4 aliphatic heterocycles. The maximum atomic E-state index is 14.6. The SMILES string of the molecule is CC[C@H]1C[C@@]1(CC(=O)C1C[C@@H]2CN1C(=O)[C@H](C(C)(C)C)NC(=O)OCC(C)(C)CCCCc1c3c(cc4c1OCO4)CN(C3)C(=O)O2)C(=O)NS(=O)(=O)C1CC1. The van der Waals surface area contributed by atoms with E-state index < -0.39 is 74.1 Å². The zero-order chi connectivity index (χ0) is 40.4. The van der Waals surface area contributed by atoms with Crippen molar-refractivity contribution >= 4 is 39.8 Å². The largest absolute Gasteiger partial charge is 0.454 e. The molecule has 56 heavy (non-hydrogen) atoms. The highest BCUT2D eigenvalue weighted by Crippen LogP contribution is 2.58. The van der Waals surface area contributed by atoms with Crippen molar-refractivity contribution in [1.82, 2.24) is 19.8 Å². The topological polar surface area (TPSA) is 187 Å². The molecular formula is C40H56N4O11S. The zero-order valence-electron chi connectivity index (χ0n) is 33.4. The summed E-state index contributed by atoms with van der Waals surface area (Å²) in [5.41, 5.74) is 0.520. The number of hydrogen-bond donors (Lipinski definition) is 2. The van der Waals surface area contributed by atoms with Crippen LogP contribution in [0.3, 0.4) is 0 Å². The number of Topliss-reactive ketones (excluding diaryl/α,β-unsaturated/α-hetero) is 1. The maximum absolute atomic E-state index is 14.6. The number of alkyl carbamates (subject to hydrolysis) is 1. The van der Waals surface area contributed by atoms with Gasteiger partial charge in [-0.05, 0) is 72.5 Å². The third-order valence-corrected chi connectivity index (χ3v) is 14.3. The molecule has 1 saturated heterocycles. The Labute approximate surface area is 328 Å². The Morgan fingerprint density at radius 1 is 1.04 bits per heavy atom. The molecule has 3 fully saturated rings. The van der Waals surface area contributed by atoms with Crippen LogP contribution in [0.5, 0.6) is 11.5 Å². The molecule has 5 atom stereocenters. The van der Waals surface area contributed by atoms with Gasteiger partial charge < -0.3 is 29.2 Å². The van der Waals surface area contributed by atoms with Crippen LogP contribution in [-0.2, 0) is 53.4 Å². The number of hydrogen-bond acceptors (Lipinski definition) is 11. The Hall–Kier alpha value is -4.08. The van der Waals surface area contributed by atoms with Gasteiger partial charge in [-0.3, -0.25) is 24.0 Å². The van der Waals surface area contributed by atoms with Crippen LogP contribution in [0.4, 0.5) is 9.59 Å². The first-order valence-corrected chi connectivity index (χ1v) is 21.6. The number of cyclic esters (lactones) is 1. The fraction of sp³-hybridized carbons (Fsp3) is 0.725. The van der Waals surface area contributed by atoms with E-state index >= 15 is 0 Å². The maximum Gasteiger partial charge on any atom is 0.410 e. The number of fused-ring (bicyclic) bond motifs is 5. The van der Waals surface area contributed by atoms with Crippen LogP contribution in [0, 0.1) is 22.2 Å². The Balaban J connectivity index is 1.17. The molecule has 308 valence electrons. The summed E-state index contributed by atoms with van der Waals surface area (Å²) < 4.78 is 51.2. The van der Waals surface area contributed by atoms with Crippen molar-refractivity contribution in [2.24, 2.45) is 22.2 Å². The van der Waals surface area contributed by atoms with E-state index in [-0.39, 0.29) is 50.7 Å². The summed E-state index contributed by atoms with van der Waals surface area (Å²) in [5, 5.41) is 2.16. The van der Waals surface area contributed by atoms with Gasteiger partial charge in [0.2, 0.25) is 28.6 Å². The average Bonchev–Trinajstić information content (AvgIpc) is 3.94. The van der Waals surface area contributed by atoms with Gasteiger partial charge in [0.15, 0.2) is 17.3 Å². The smallest absolute Gasteiger partial charge is 0.410 e. The third kappa shape index (κ3) is 8.04. The van der Waals surface area contributed by atoms with E-state index in [4.69, 9.17) is 18.9 Å². The van der Waals surface area contributed by atoms with Gasteiger partial charge in [0.1, 0.15) is 12.1 Å². The first-order valence-electron chi connectivity index (χ1n) is 20.0. The van der Waals surface area contributed by atoms with E-state index in [2.05, 4.69) is 10.0 Å². The molecule has 4 amide bonds. The summed E-state index contributed by atoms with van der Waals surface area (Å²) in [4.78, 5) is 72.8. The van der Waals surface area contributed by atoms with Gasteiger partial charge in [-0.15, -0.1) is 0 Å². The second-order valence-corrected chi connectivity index (χ2v) is 20.5. The molecule has 4 heterocycles. The van der Waals surface area contributed by atoms with E-state index in [0.29, 0.717) is 50.1 Å². The highest BCUT2D eigenvalue weighted by atomic mass is 32.2. The minimum absolute atomic E-state index is 0.0251. The van der Waals surface area contributed by atoms with Crippen LogP contribution in [0.1, 0.15) is 116 Å². The van der Waals surface area contributed by atoms with Crippen molar-refractivity contribution in [1.29, 1.82) is 0 Å². The van der Waals surface area contributed by atoms with Crippen LogP contribution in [0.2, 0.25) is 0 Å². The highest BCUT2D eigenvalue weighted by Gasteiger charge is 2.62. The van der Waals surface area contributed by atoms with Crippen molar-refractivity contribution in [3.63, 3.8) is 0 Å². The summed E-state index contributed by atoms with van der Waals surface area (Å²) in [6.45, 7) is 12.0. The van der Waals surface area contributed by atoms with Gasteiger partial charge in [0, 0.05) is 24.9 Å². The molecule has 4 bridgehead atoms. The van der Waals surface area contributed by atoms with Gasteiger partial charge in [0.25, 0.3) is 0 Å². The van der Waals surface area contributed by atoms with E-state index in [1.807, 2.05) is 26.8 Å². The molecular weight excluding hydrogens is 745 g/mol. The molecule has 0 spiro atoms. The van der Waals surface area contributed by atoms with Crippen molar-refractivity contribution < 1.29 is 51.3 Å². The lowest BCUT2D eigenvalue weighted by molar-refractivity contribution is -0.142. The van der Waals surface area contributed by atoms with Crippen LogP contribution in [0.25, 0.3) is 0 Å². The number of carbonyl (C=O) groups excluding carboxylic acids is 5. The second kappa shape index (κ2) is 14.7. The van der Waals surface area contributed by atoms with Crippen LogP contribution in [0.15, 0.2) is 6.07 Å². The number of benzene rings is 1. The number of nitrogens with one attached hydrogen (secondary N) is 2. The average molecular weight is 801 g/mol. The van der Waals surface area contributed by atoms with Crippen molar-refractivity contribution in [3.05, 3.63) is 22.8 Å². The van der Waals surface area contributed by atoms with Crippen LogP contribution in [-0.4, -0.2) is 91.4 Å². The molecule has 7 rings (SSSR count). The number of ketones is 1. The fourth-order valence-corrected chi connectivity index (χ4v) is 10.2. The molecule has 1 aromatic carbocycles. The van der Waals surface area contributed by atoms with Crippen LogP contribution >= 0.6 is 0 Å². The lowest BCUT2D eigenvalue weighted by Crippen LogP contribution is -2.57. The van der Waals surface area contributed by atoms with Gasteiger partial charge in [0.05, 0.1) is 36.4 Å². The van der Waals surface area contributed by atoms with Crippen molar-refractivity contribution in [3.8, 4) is 11.5 Å². The number of amides is 4. The summed E-state index contributed by atoms with van der Waals surface area (Å²) in [6, 6.07) is -0.301. The Morgan fingerprint density at radius 2 is 1.79 bits per heavy atom. The number of nitrogens with zero attached hydrogens (tertiary/aromatic N) is 2. The number of ether oxygens (including phenoxy) is 4. The summed E-state index contributed by atoms with van der Waals surface area (Å²) in [5.74, 6) is -0.553. The molecule has 2 N–H and O–H groups in total. The quantitative estimate of drug-likeness (QED) is 0.389. The van der Waals surface area contributed by atoms with E-state index in [9.17, 15) is 32.4 Å². The minimum Gasteiger partial charge on any atom is -0.454 e. The minimum atomic E-state index is -3.85. The molecule has 0 radical (unpaired) electrons. The molecule has 16 heteroatoms. The third-order valence-electron chi connectivity index (χ3n) is 12.5. The predicted octanol–water partition coefficient (Wildman–Crippen LogP) is 4.71. The normalized spacial score (nSPS) is 29.3. The number of rotatable bonds is 7. The molecule has 2 saturated carbocycles. The van der Waals surface area contributed by atoms with E-state index in [0.717, 1.165) is 36.0 Å². The van der Waals surface area contributed by atoms with E-state index in [1.165, 1.54) is 4.90 Å². The Morgan fingerprint density at radius 3 is 2.46 bits per heavy atom. The monoisotopic (exact) mass is 800 g/mol. The summed E-state index contributed by atoms with van der Waals surface area (Å²) >= 11 is 0. The van der Waals surface area contributed by atoms with Gasteiger partial charge in [-0.1, -0.05) is 54.4 Å². The first kappa shape index (κ1) is 40.1. The summed E-state index contributed by atoms with van der Waals surface area (Å²) in [6.07, 6.45) is 2.46. The first-order chi connectivity index (χ1) is 26.3. The molecule has 15 nitrogen and oxygen atoms in total. The number of sulfonamides is 1. The Bertz CT molecular complexity index is 1900. The molecule has 1 aromatic rings. The molecule has 1 unspecified atom stereocenters. The van der Waals surface area contributed by atoms with Gasteiger partial charge >= 0.3 is 12.2 Å². The standard InChI is InChI=1S/C40H56N4O11S/c1-7-24-16-40(24,35(47)42-56(50,51)26-11-12-26)17-30(45)29-15-25-19-44(29)34(46)33(38(2,3)4)41-36(48)52-21-39(5,6)13-9-8-10-27-28-20-43(37(49)55-25)18-23(28)14-31-32(27)54-22-53-31/h14,24-26,29,33H,7-13,15-22H2,1-6H3,(H,41,48)(H,42,47)/t24-,25+,29?,33+,40-/m0/s1. The highest BCUT2D eigenvalue weighted by molar-refractivity contribution is 7.90. The van der Waals surface area contributed by atoms with Crippen molar-refractivity contribution in [2.45, 2.75) is 142 Å².